The van der Waals surface area contributed by atoms with Crippen LogP contribution in [0, 0.1) is 5.82 Å². The number of para-hydroxylation sites is 1. The molecule has 0 radical (unpaired) electrons. The van der Waals surface area contributed by atoms with Crippen LogP contribution in [0.5, 0.6) is 17.2 Å². The number of hydrogen-bond donors (Lipinski definition) is 0. The van der Waals surface area contributed by atoms with E-state index in [1.165, 1.54) is 12.1 Å². The van der Waals surface area contributed by atoms with Gasteiger partial charge < -0.3 is 9.47 Å². The second-order valence-electron chi connectivity index (χ2n) is 6.65. The van der Waals surface area contributed by atoms with E-state index in [1.807, 2.05) is 84.9 Å². The van der Waals surface area contributed by atoms with Crippen molar-refractivity contribution in [3.05, 3.63) is 120 Å². The quantitative estimate of drug-likeness (QED) is 0.316. The van der Waals surface area contributed by atoms with Gasteiger partial charge in [-0.15, -0.1) is 0 Å². The highest BCUT2D eigenvalue weighted by Crippen LogP contribution is 2.24. The van der Waals surface area contributed by atoms with Gasteiger partial charge in [0.15, 0.2) is 0 Å². The van der Waals surface area contributed by atoms with E-state index in [4.69, 9.17) is 9.47 Å². The molecular weight excluding hydrogens is 377 g/mol. The molecule has 3 nitrogen and oxygen atoms in total. The first-order valence-corrected chi connectivity index (χ1v) is 9.59. The summed E-state index contributed by atoms with van der Waals surface area (Å²) in [5.74, 6) is 2.02. The van der Waals surface area contributed by atoms with Gasteiger partial charge in [-0.25, -0.2) is 4.39 Å². The second-order valence-corrected chi connectivity index (χ2v) is 6.65. The minimum absolute atomic E-state index is 0.262. The highest BCUT2D eigenvalue weighted by Gasteiger charge is 1.99. The monoisotopic (exact) mass is 397 g/mol. The molecule has 148 valence electrons. The summed E-state index contributed by atoms with van der Waals surface area (Å²) < 4.78 is 24.7. The molecule has 0 amide bonds. The molecule has 4 aromatic rings. The summed E-state index contributed by atoms with van der Waals surface area (Å²) in [6, 6.07) is 31.2. The van der Waals surface area contributed by atoms with E-state index < -0.39 is 0 Å². The van der Waals surface area contributed by atoms with Crippen LogP contribution in [-0.2, 0) is 6.61 Å². The van der Waals surface area contributed by atoms with Crippen molar-refractivity contribution >= 4 is 11.9 Å². The summed E-state index contributed by atoms with van der Waals surface area (Å²) in [4.78, 5) is 4.49. The summed E-state index contributed by atoms with van der Waals surface area (Å²) in [5.41, 5.74) is 2.58. The van der Waals surface area contributed by atoms with Crippen molar-refractivity contribution in [1.29, 1.82) is 0 Å². The Balaban J connectivity index is 1.32. The minimum atomic E-state index is -0.262. The molecule has 0 saturated carbocycles. The van der Waals surface area contributed by atoms with Crippen LogP contribution in [0.2, 0.25) is 0 Å². The lowest BCUT2D eigenvalue weighted by Crippen LogP contribution is -1.96. The summed E-state index contributed by atoms with van der Waals surface area (Å²) in [6.45, 7) is 0.322. The third-order valence-corrected chi connectivity index (χ3v) is 4.35. The van der Waals surface area contributed by atoms with Crippen molar-refractivity contribution in [2.75, 3.05) is 0 Å². The topological polar surface area (TPSA) is 30.8 Å². The molecule has 0 aliphatic heterocycles. The van der Waals surface area contributed by atoms with Gasteiger partial charge in [0.25, 0.3) is 0 Å². The summed E-state index contributed by atoms with van der Waals surface area (Å²) in [7, 11) is 0. The van der Waals surface area contributed by atoms with Gasteiger partial charge in [-0.2, -0.15) is 0 Å². The normalized spacial score (nSPS) is 10.8. The number of nitrogens with zero attached hydrogens (tertiary/aromatic N) is 1. The van der Waals surface area contributed by atoms with E-state index >= 15 is 0 Å². The Kier molecular flexibility index (Phi) is 6.16. The predicted octanol–water partition coefficient (Wildman–Crippen LogP) is 6.95. The Hall–Kier alpha value is -3.92. The number of hydrogen-bond acceptors (Lipinski definition) is 3. The lowest BCUT2D eigenvalue weighted by atomic mass is 10.2. The predicted molar refractivity (Wildman–Crippen MR) is 117 cm³/mol. The number of rotatable bonds is 7. The highest BCUT2D eigenvalue weighted by molar-refractivity contribution is 5.82. The molecule has 4 rings (SSSR count). The molecule has 0 fully saturated rings. The molecule has 4 aromatic carbocycles. The van der Waals surface area contributed by atoms with E-state index in [-0.39, 0.29) is 5.82 Å². The summed E-state index contributed by atoms with van der Waals surface area (Å²) in [6.07, 6.45) is 1.80. The zero-order chi connectivity index (χ0) is 20.6. The van der Waals surface area contributed by atoms with Crippen molar-refractivity contribution in [2.45, 2.75) is 6.61 Å². The van der Waals surface area contributed by atoms with Crippen molar-refractivity contribution < 1.29 is 13.9 Å². The third-order valence-electron chi connectivity index (χ3n) is 4.35. The maximum atomic E-state index is 13.2. The lowest BCUT2D eigenvalue weighted by Gasteiger charge is -2.06. The molecule has 0 heterocycles. The van der Waals surface area contributed by atoms with Gasteiger partial charge in [-0.3, -0.25) is 4.99 Å². The van der Waals surface area contributed by atoms with Crippen molar-refractivity contribution in [3.63, 3.8) is 0 Å². The van der Waals surface area contributed by atoms with E-state index in [0.717, 1.165) is 34.1 Å². The van der Waals surface area contributed by atoms with Crippen LogP contribution in [0.4, 0.5) is 10.1 Å². The third kappa shape index (κ3) is 5.55. The van der Waals surface area contributed by atoms with E-state index in [0.29, 0.717) is 6.61 Å². The first-order valence-electron chi connectivity index (χ1n) is 9.59. The number of halogens is 1. The molecular formula is C26H20FNO2. The Morgan fingerprint density at radius 3 is 2.13 bits per heavy atom. The second kappa shape index (κ2) is 9.52. The van der Waals surface area contributed by atoms with Crippen molar-refractivity contribution in [1.82, 2.24) is 0 Å². The molecule has 4 heteroatoms. The van der Waals surface area contributed by atoms with Crippen LogP contribution in [-0.4, -0.2) is 6.21 Å². The molecule has 0 bridgehead atoms. The van der Waals surface area contributed by atoms with Gasteiger partial charge in [0, 0.05) is 6.21 Å². The number of benzene rings is 4. The maximum Gasteiger partial charge on any atom is 0.127 e. The van der Waals surface area contributed by atoms with Gasteiger partial charge in [0.1, 0.15) is 29.7 Å². The van der Waals surface area contributed by atoms with Gasteiger partial charge in [0.2, 0.25) is 0 Å². The van der Waals surface area contributed by atoms with Crippen LogP contribution in [0.25, 0.3) is 0 Å². The van der Waals surface area contributed by atoms with E-state index in [1.54, 1.807) is 12.3 Å². The molecule has 0 unspecified atom stereocenters. The fourth-order valence-corrected chi connectivity index (χ4v) is 2.82. The molecule has 0 N–H and O–H groups in total. The van der Waals surface area contributed by atoms with Gasteiger partial charge >= 0.3 is 0 Å². The van der Waals surface area contributed by atoms with E-state index in [9.17, 15) is 4.39 Å². The van der Waals surface area contributed by atoms with Gasteiger partial charge in [-0.05, 0) is 83.9 Å². The number of ether oxygens (including phenoxy) is 2. The molecule has 0 aliphatic rings. The first-order chi connectivity index (χ1) is 14.7. The van der Waals surface area contributed by atoms with Crippen molar-refractivity contribution in [2.24, 2.45) is 4.99 Å². The van der Waals surface area contributed by atoms with Crippen molar-refractivity contribution in [3.8, 4) is 17.2 Å². The molecule has 30 heavy (non-hydrogen) atoms. The summed E-state index contributed by atoms with van der Waals surface area (Å²) >= 11 is 0. The Bertz CT molecular complexity index is 1110. The minimum Gasteiger partial charge on any atom is -0.489 e. The van der Waals surface area contributed by atoms with Gasteiger partial charge in [-0.1, -0.05) is 30.3 Å². The zero-order valence-electron chi connectivity index (χ0n) is 16.2. The largest absolute Gasteiger partial charge is 0.489 e. The van der Waals surface area contributed by atoms with E-state index in [2.05, 4.69) is 4.99 Å². The molecule has 0 spiro atoms. The fraction of sp³-hybridized carbons (Fsp3) is 0.0385. The van der Waals surface area contributed by atoms with Crippen LogP contribution >= 0.6 is 0 Å². The lowest BCUT2D eigenvalue weighted by molar-refractivity contribution is 0.305. The molecule has 0 atom stereocenters. The average Bonchev–Trinajstić information content (AvgIpc) is 2.79. The average molecular weight is 397 g/mol. The molecule has 0 aromatic heterocycles. The SMILES string of the molecule is Fc1cccc(COc2ccc(C=Nc3ccc(Oc4ccccc4)cc3)cc2)c1. The first kappa shape index (κ1) is 19.4. The van der Waals surface area contributed by atoms with Crippen LogP contribution in [0.3, 0.4) is 0 Å². The Morgan fingerprint density at radius 2 is 1.40 bits per heavy atom. The maximum absolute atomic E-state index is 13.2. The standard InChI is InChI=1S/C26H20FNO2/c27-22-6-4-5-21(17-22)19-29-24-13-9-20(10-14-24)18-28-23-11-15-26(16-12-23)30-25-7-2-1-3-8-25/h1-18H,19H2. The van der Waals surface area contributed by atoms with Crippen LogP contribution < -0.4 is 9.47 Å². The highest BCUT2D eigenvalue weighted by atomic mass is 19.1. The zero-order valence-corrected chi connectivity index (χ0v) is 16.2. The Morgan fingerprint density at radius 1 is 0.700 bits per heavy atom. The van der Waals surface area contributed by atoms with Crippen LogP contribution in [0.15, 0.2) is 108 Å². The fourth-order valence-electron chi connectivity index (χ4n) is 2.82. The summed E-state index contributed by atoms with van der Waals surface area (Å²) in [5, 5.41) is 0. The van der Waals surface area contributed by atoms with Gasteiger partial charge in [0.05, 0.1) is 5.69 Å². The van der Waals surface area contributed by atoms with Crippen LogP contribution in [0.1, 0.15) is 11.1 Å². The smallest absolute Gasteiger partial charge is 0.127 e. The molecule has 0 saturated heterocycles. The molecule has 0 aliphatic carbocycles. The number of aliphatic imine (C=N–C) groups is 1. The Labute approximate surface area is 175 Å².